The van der Waals surface area contributed by atoms with Gasteiger partial charge >= 0.3 is 0 Å². The first-order valence-corrected chi connectivity index (χ1v) is 7.81. The second kappa shape index (κ2) is 6.36. The molecule has 0 spiro atoms. The minimum atomic E-state index is 0.0876. The van der Waals surface area contributed by atoms with Gasteiger partial charge in [-0.25, -0.2) is 4.99 Å². The molecule has 0 aliphatic carbocycles. The number of hydrogen-bond acceptors (Lipinski definition) is 5. The van der Waals surface area contributed by atoms with E-state index < -0.39 is 0 Å². The molecule has 0 amide bonds. The van der Waals surface area contributed by atoms with Crippen LogP contribution in [0.2, 0.25) is 0 Å². The molecule has 2 heterocycles. The van der Waals surface area contributed by atoms with Crippen molar-refractivity contribution in [3.05, 3.63) is 11.6 Å². The Labute approximate surface area is 129 Å². The fourth-order valence-electron chi connectivity index (χ4n) is 3.49. The largest absolute Gasteiger partial charge is 0.498 e. The first-order chi connectivity index (χ1) is 9.89. The Balaban J connectivity index is 2.13. The van der Waals surface area contributed by atoms with E-state index in [1.165, 1.54) is 0 Å². The molecule has 1 unspecified atom stereocenters. The van der Waals surface area contributed by atoms with Crippen LogP contribution in [0.5, 0.6) is 0 Å². The van der Waals surface area contributed by atoms with Gasteiger partial charge in [-0.1, -0.05) is 0 Å². The van der Waals surface area contributed by atoms with Gasteiger partial charge < -0.3 is 14.5 Å². The fourth-order valence-corrected chi connectivity index (χ4v) is 3.49. The van der Waals surface area contributed by atoms with Gasteiger partial charge in [0.1, 0.15) is 5.76 Å². The van der Waals surface area contributed by atoms with E-state index in [0.29, 0.717) is 6.04 Å². The number of likely N-dealkylation sites (tertiary alicyclic amines) is 1. The summed E-state index contributed by atoms with van der Waals surface area (Å²) in [6.45, 7) is 15.9. The van der Waals surface area contributed by atoms with E-state index in [4.69, 9.17) is 4.74 Å². The molecule has 2 aliphatic rings. The molecular weight excluding hydrogens is 264 g/mol. The van der Waals surface area contributed by atoms with Crippen molar-refractivity contribution in [2.75, 3.05) is 46.9 Å². The Morgan fingerprint density at radius 1 is 1.24 bits per heavy atom. The molecule has 0 aromatic heterocycles. The van der Waals surface area contributed by atoms with Crippen LogP contribution in [-0.2, 0) is 4.74 Å². The van der Waals surface area contributed by atoms with E-state index in [9.17, 15) is 0 Å². The molecule has 0 N–H and O–H groups in total. The topological polar surface area (TPSA) is 31.3 Å². The van der Waals surface area contributed by atoms with Gasteiger partial charge in [-0.2, -0.15) is 0 Å². The molecule has 2 rings (SSSR count). The molecule has 1 atom stereocenters. The summed E-state index contributed by atoms with van der Waals surface area (Å²) in [7, 11) is 3.90. The highest BCUT2D eigenvalue weighted by molar-refractivity contribution is 5.30. The lowest BCUT2D eigenvalue weighted by Gasteiger charge is -2.36. The van der Waals surface area contributed by atoms with Crippen LogP contribution < -0.4 is 0 Å². The van der Waals surface area contributed by atoms with Crippen LogP contribution in [0.3, 0.4) is 0 Å². The summed E-state index contributed by atoms with van der Waals surface area (Å²) in [5.74, 6) is 1.73. The zero-order valence-electron chi connectivity index (χ0n) is 14.2. The molecule has 0 bridgehead atoms. The number of rotatable bonds is 4. The Kier molecular flexibility index (Phi) is 4.94. The van der Waals surface area contributed by atoms with Crippen LogP contribution in [0.4, 0.5) is 0 Å². The standard InChI is InChI=1S/C16H30N4O/c1-13(21-6)15(17-4)20-12-14(11-16(20,2)3)19-9-7-18(5)8-10-19/h14H,4,7-12H2,1-3,5-6H3/b15-13-. The summed E-state index contributed by atoms with van der Waals surface area (Å²) in [5.41, 5.74) is 0.0876. The third-order valence-electron chi connectivity index (χ3n) is 4.94. The molecule has 2 aliphatic heterocycles. The highest BCUT2D eigenvalue weighted by Gasteiger charge is 2.42. The normalized spacial score (nSPS) is 28.4. The highest BCUT2D eigenvalue weighted by atomic mass is 16.5. The summed E-state index contributed by atoms with van der Waals surface area (Å²) < 4.78 is 5.39. The zero-order valence-corrected chi connectivity index (χ0v) is 14.2. The van der Waals surface area contributed by atoms with Crippen molar-refractivity contribution < 1.29 is 4.74 Å². The molecule has 0 aromatic rings. The van der Waals surface area contributed by atoms with Crippen molar-refractivity contribution in [3.8, 4) is 0 Å². The van der Waals surface area contributed by atoms with Crippen molar-refractivity contribution in [1.29, 1.82) is 0 Å². The van der Waals surface area contributed by atoms with Crippen LogP contribution in [0.25, 0.3) is 0 Å². The predicted molar refractivity (Wildman–Crippen MR) is 87.5 cm³/mol. The number of allylic oxidation sites excluding steroid dienone is 1. The monoisotopic (exact) mass is 294 g/mol. The smallest absolute Gasteiger partial charge is 0.166 e. The van der Waals surface area contributed by atoms with E-state index in [0.717, 1.165) is 50.7 Å². The SMILES string of the molecule is C=N/C(=C(\C)OC)N1CC(N2CCN(C)CC2)CC1(C)C. The van der Waals surface area contributed by atoms with E-state index in [2.05, 4.69) is 47.3 Å². The minimum absolute atomic E-state index is 0.0876. The minimum Gasteiger partial charge on any atom is -0.498 e. The lowest BCUT2D eigenvalue weighted by atomic mass is 9.99. The van der Waals surface area contributed by atoms with Gasteiger partial charge in [-0.15, -0.1) is 0 Å². The maximum atomic E-state index is 5.39. The van der Waals surface area contributed by atoms with Crippen LogP contribution in [0, 0.1) is 0 Å². The van der Waals surface area contributed by atoms with Crippen molar-refractivity contribution in [2.45, 2.75) is 38.8 Å². The maximum Gasteiger partial charge on any atom is 0.166 e. The maximum absolute atomic E-state index is 5.39. The second-order valence-electron chi connectivity index (χ2n) is 6.86. The Morgan fingerprint density at radius 2 is 1.86 bits per heavy atom. The van der Waals surface area contributed by atoms with Gasteiger partial charge in [-0.05, 0) is 41.0 Å². The second-order valence-corrected chi connectivity index (χ2v) is 6.86. The van der Waals surface area contributed by atoms with Gasteiger partial charge in [0, 0.05) is 44.3 Å². The lowest BCUT2D eigenvalue weighted by molar-refractivity contribution is 0.114. The quantitative estimate of drug-likeness (QED) is 0.582. The van der Waals surface area contributed by atoms with E-state index in [1.54, 1.807) is 7.11 Å². The first kappa shape index (κ1) is 16.3. The van der Waals surface area contributed by atoms with E-state index in [-0.39, 0.29) is 5.54 Å². The number of piperazine rings is 1. The predicted octanol–water partition coefficient (Wildman–Crippen LogP) is 1.62. The summed E-state index contributed by atoms with van der Waals surface area (Å²) in [4.78, 5) is 11.6. The number of hydrogen-bond donors (Lipinski definition) is 0. The Hall–Kier alpha value is -1.07. The van der Waals surface area contributed by atoms with Crippen LogP contribution in [-0.4, -0.2) is 79.9 Å². The Bertz CT molecular complexity index is 411. The Morgan fingerprint density at radius 3 is 2.38 bits per heavy atom. The number of nitrogens with zero attached hydrogens (tertiary/aromatic N) is 4. The van der Waals surface area contributed by atoms with Crippen LogP contribution in [0.1, 0.15) is 27.2 Å². The molecule has 21 heavy (non-hydrogen) atoms. The number of methoxy groups -OCH3 is 1. The van der Waals surface area contributed by atoms with Crippen molar-refractivity contribution in [1.82, 2.24) is 14.7 Å². The van der Waals surface area contributed by atoms with Crippen molar-refractivity contribution in [2.24, 2.45) is 4.99 Å². The zero-order chi connectivity index (χ0) is 15.6. The third kappa shape index (κ3) is 3.40. The average Bonchev–Trinajstić information content (AvgIpc) is 2.76. The summed E-state index contributed by atoms with van der Waals surface area (Å²) in [5, 5.41) is 0. The molecule has 0 aromatic carbocycles. The van der Waals surface area contributed by atoms with Crippen LogP contribution >= 0.6 is 0 Å². The van der Waals surface area contributed by atoms with Gasteiger partial charge in [-0.3, -0.25) is 4.90 Å². The number of aliphatic imine (C=N–C) groups is 1. The third-order valence-corrected chi connectivity index (χ3v) is 4.94. The average molecular weight is 294 g/mol. The van der Waals surface area contributed by atoms with Gasteiger partial charge in [0.25, 0.3) is 0 Å². The molecule has 0 saturated carbocycles. The molecule has 5 heteroatoms. The molecule has 2 saturated heterocycles. The summed E-state index contributed by atoms with van der Waals surface area (Å²) in [6.07, 6.45) is 1.16. The molecule has 0 radical (unpaired) electrons. The van der Waals surface area contributed by atoms with Crippen LogP contribution in [0.15, 0.2) is 16.6 Å². The number of ether oxygens (including phenoxy) is 1. The summed E-state index contributed by atoms with van der Waals surface area (Å²) >= 11 is 0. The number of likely N-dealkylation sites (N-methyl/N-ethyl adjacent to an activating group) is 1. The van der Waals surface area contributed by atoms with Crippen molar-refractivity contribution in [3.63, 3.8) is 0 Å². The molecule has 2 fully saturated rings. The van der Waals surface area contributed by atoms with Gasteiger partial charge in [0.2, 0.25) is 0 Å². The molecular formula is C16H30N4O. The van der Waals surface area contributed by atoms with Gasteiger partial charge in [0.05, 0.1) is 7.11 Å². The molecule has 5 nitrogen and oxygen atoms in total. The lowest BCUT2D eigenvalue weighted by Crippen LogP contribution is -2.49. The van der Waals surface area contributed by atoms with Gasteiger partial charge in [0.15, 0.2) is 5.82 Å². The van der Waals surface area contributed by atoms with E-state index in [1.807, 2.05) is 6.92 Å². The highest BCUT2D eigenvalue weighted by Crippen LogP contribution is 2.36. The molecule has 120 valence electrons. The summed E-state index contributed by atoms with van der Waals surface area (Å²) in [6, 6.07) is 0.593. The van der Waals surface area contributed by atoms with E-state index >= 15 is 0 Å². The first-order valence-electron chi connectivity index (χ1n) is 7.81. The fraction of sp³-hybridized carbons (Fsp3) is 0.812. The van der Waals surface area contributed by atoms with Crippen molar-refractivity contribution >= 4 is 6.72 Å².